The fourth-order valence-corrected chi connectivity index (χ4v) is 14.9. The molecule has 4 heterocycles. The molecule has 5 unspecified atom stereocenters. The van der Waals surface area contributed by atoms with E-state index in [9.17, 15) is 57.5 Å². The average molecular weight is 1360 g/mol. The van der Waals surface area contributed by atoms with Crippen molar-refractivity contribution in [1.82, 2.24) is 30.4 Å². The third-order valence-electron chi connectivity index (χ3n) is 18.7. The number of nitrogens with zero attached hydrogens (tertiary/aromatic N) is 4. The molecule has 0 radical (unpaired) electrons. The number of hydrogen-bond donors (Lipinski definition) is 9. The Morgan fingerprint density at radius 3 is 1.79 bits per heavy atom. The minimum absolute atomic E-state index is 0.0231. The van der Waals surface area contributed by atoms with Crippen LogP contribution in [0.5, 0.6) is 11.5 Å². The number of anilines is 3. The van der Waals surface area contributed by atoms with Crippen molar-refractivity contribution < 1.29 is 71.5 Å². The van der Waals surface area contributed by atoms with E-state index < -0.39 is 66.6 Å². The molecule has 5 aliphatic rings. The van der Waals surface area contributed by atoms with Gasteiger partial charge in [0.15, 0.2) is 17.3 Å². The summed E-state index contributed by atoms with van der Waals surface area (Å²) in [6.07, 6.45) is 4.97. The topological polar surface area (TPSA) is 372 Å². The molecule has 3 saturated carbocycles. The number of phosphoric ester groups is 1. The summed E-state index contributed by atoms with van der Waals surface area (Å²) < 4.78 is 28.9. The maximum Gasteiger partial charge on any atom is 0.524 e. The Morgan fingerprint density at radius 1 is 0.755 bits per heavy atom. The molecule has 3 fully saturated rings. The van der Waals surface area contributed by atoms with Crippen LogP contribution in [0, 0.1) is 42.4 Å². The molecule has 11 N–H and O–H groups in total. The molecule has 10 rings (SSSR count). The monoisotopic (exact) mass is 1360 g/mol. The first-order valence-electron chi connectivity index (χ1n) is 31.6. The molecule has 0 saturated heterocycles. The number of hydrogen-bond acceptors (Lipinski definition) is 14. The Morgan fingerprint density at radius 2 is 1.28 bits per heavy atom. The molecule has 8 amide bonds. The van der Waals surface area contributed by atoms with E-state index >= 15 is 0 Å². The Hall–Kier alpha value is -7.74. The SMILES string of the molecule is CC(=O)CC(CCCCN)C(=O)NC(C(=O)CC(CCCNC(N)=O)C(=O)Nc1ccc(COC(=O)N(C)CCN(C)C(=O)Oc2cc3c(c4c(C)c[nH]c24)C(CCl)CN3C(=O)C23CC(C(=O)N4CC(CCl)c5c4cc(OP(=O)(O)O)c4[nH]cc(C)c54)(C2)C3)cc1)C(C)C. The van der Waals surface area contributed by atoms with E-state index in [0.29, 0.717) is 71.3 Å². The van der Waals surface area contributed by atoms with Crippen molar-refractivity contribution >= 4 is 123 Å². The summed E-state index contributed by atoms with van der Waals surface area (Å²) in [5.74, 6) is -3.73. The molecule has 94 heavy (non-hydrogen) atoms. The number of rotatable bonds is 30. The maximum atomic E-state index is 14.9. The smallest absolute Gasteiger partial charge is 0.445 e. The lowest BCUT2D eigenvalue weighted by atomic mass is 9.34. The van der Waals surface area contributed by atoms with Crippen LogP contribution in [0.2, 0.25) is 0 Å². The lowest BCUT2D eigenvalue weighted by Crippen LogP contribution is -2.73. The molecule has 2 aromatic heterocycles. The highest BCUT2D eigenvalue weighted by Crippen LogP contribution is 2.75. The molecular formula is C65H84Cl2N11O15P. The van der Waals surface area contributed by atoms with Crippen molar-refractivity contribution in [3.63, 3.8) is 0 Å². The van der Waals surface area contributed by atoms with Gasteiger partial charge in [0.05, 0.1) is 39.3 Å². The zero-order valence-electron chi connectivity index (χ0n) is 53.9. The lowest BCUT2D eigenvalue weighted by Gasteiger charge is -2.69. The fourth-order valence-electron chi connectivity index (χ4n) is 13.9. The predicted molar refractivity (Wildman–Crippen MR) is 354 cm³/mol. The van der Waals surface area contributed by atoms with Crippen molar-refractivity contribution in [2.75, 3.05) is 80.2 Å². The van der Waals surface area contributed by atoms with E-state index in [-0.39, 0.29) is 142 Å². The predicted octanol–water partition coefficient (Wildman–Crippen LogP) is 8.47. The number of Topliss-reactive ketones (excluding diaryl/α,β-unsaturated/α-hetero) is 2. The number of carbonyl (C=O) groups excluding carboxylic acids is 9. The van der Waals surface area contributed by atoms with Crippen LogP contribution in [0.1, 0.15) is 125 Å². The van der Waals surface area contributed by atoms with E-state index in [1.54, 1.807) is 66.4 Å². The third kappa shape index (κ3) is 15.0. The molecule has 3 aliphatic carbocycles. The fraction of sp³-hybridized carbons (Fsp3) is 0.523. The summed E-state index contributed by atoms with van der Waals surface area (Å²) in [7, 11) is -1.96. The number of unbranched alkanes of at least 4 members (excludes halogenated alkanes) is 1. The number of benzene rings is 3. The number of urea groups is 1. The molecule has 2 bridgehead atoms. The van der Waals surface area contributed by atoms with Crippen LogP contribution in [-0.4, -0.2) is 154 Å². The zero-order chi connectivity index (χ0) is 68.3. The van der Waals surface area contributed by atoms with Crippen LogP contribution < -0.4 is 46.5 Å². The van der Waals surface area contributed by atoms with Crippen molar-refractivity contribution in [2.45, 2.75) is 123 Å². The first-order valence-corrected chi connectivity index (χ1v) is 34.2. The highest BCUT2D eigenvalue weighted by atomic mass is 35.5. The number of aryl methyl sites for hydroxylation is 2. The highest BCUT2D eigenvalue weighted by Gasteiger charge is 2.76. The van der Waals surface area contributed by atoms with Gasteiger partial charge in [0.1, 0.15) is 12.4 Å². The van der Waals surface area contributed by atoms with Gasteiger partial charge in [-0.3, -0.25) is 33.8 Å². The number of nitrogens with one attached hydrogen (secondary N) is 5. The number of aromatic nitrogens is 2. The van der Waals surface area contributed by atoms with E-state index in [4.69, 9.17) is 48.7 Å². The van der Waals surface area contributed by atoms with Crippen LogP contribution in [0.3, 0.4) is 0 Å². The Labute approximate surface area is 554 Å². The van der Waals surface area contributed by atoms with Crippen molar-refractivity contribution in [3.05, 3.63) is 76.6 Å². The summed E-state index contributed by atoms with van der Waals surface area (Å²) >= 11 is 13.2. The Bertz CT molecular complexity index is 3790. The van der Waals surface area contributed by atoms with Gasteiger partial charge in [0, 0.05) is 136 Å². The molecule has 29 heteroatoms. The second kappa shape index (κ2) is 29.1. The number of amides is 8. The number of nitrogens with two attached hydrogens (primary N) is 2. The molecule has 5 aromatic rings. The number of aromatic amines is 2. The number of ether oxygens (including phenoxy) is 2. The maximum absolute atomic E-state index is 14.9. The van der Waals surface area contributed by atoms with Gasteiger partial charge in [-0.15, -0.1) is 23.2 Å². The Balaban J connectivity index is 0.788. The molecule has 3 aromatic carbocycles. The van der Waals surface area contributed by atoms with Gasteiger partial charge in [-0.2, -0.15) is 0 Å². The summed E-state index contributed by atoms with van der Waals surface area (Å²) in [6.45, 7) is 9.76. The van der Waals surface area contributed by atoms with Gasteiger partial charge in [0.25, 0.3) is 0 Å². The van der Waals surface area contributed by atoms with Crippen molar-refractivity contribution in [1.29, 1.82) is 0 Å². The van der Waals surface area contributed by atoms with Crippen LogP contribution in [-0.2, 0) is 44.7 Å². The number of H-pyrrole nitrogens is 2. The average Bonchev–Trinajstić information content (AvgIpc) is 0.898. The number of carbonyl (C=O) groups is 9. The minimum Gasteiger partial charge on any atom is -0.445 e. The molecule has 5 atom stereocenters. The molecule has 26 nitrogen and oxygen atoms in total. The molecule has 0 spiro atoms. The van der Waals surface area contributed by atoms with Crippen LogP contribution in [0.4, 0.5) is 31.4 Å². The number of alkyl halides is 2. The number of ketones is 2. The van der Waals surface area contributed by atoms with E-state index in [2.05, 4.69) is 25.9 Å². The lowest BCUT2D eigenvalue weighted by molar-refractivity contribution is -0.205. The summed E-state index contributed by atoms with van der Waals surface area (Å²) in [5, 5.41) is 9.64. The number of phosphoric acid groups is 1. The summed E-state index contributed by atoms with van der Waals surface area (Å²) in [6, 6.07) is 8.01. The van der Waals surface area contributed by atoms with Crippen LogP contribution in [0.15, 0.2) is 48.8 Å². The van der Waals surface area contributed by atoms with Gasteiger partial charge in [-0.1, -0.05) is 32.4 Å². The Kier molecular flexibility index (Phi) is 21.8. The normalized spacial score (nSPS) is 19.5. The van der Waals surface area contributed by atoms with Gasteiger partial charge >= 0.3 is 26.0 Å². The van der Waals surface area contributed by atoms with Gasteiger partial charge < -0.3 is 75.8 Å². The second-order valence-electron chi connectivity index (χ2n) is 26.1. The number of fused-ring (bicyclic) bond motifs is 6. The van der Waals surface area contributed by atoms with E-state index in [0.717, 1.165) is 27.6 Å². The quantitative estimate of drug-likeness (QED) is 0.0118. The van der Waals surface area contributed by atoms with E-state index in [1.165, 1.54) is 36.9 Å². The van der Waals surface area contributed by atoms with E-state index in [1.807, 2.05) is 13.8 Å². The number of halogens is 2. The van der Waals surface area contributed by atoms with Gasteiger partial charge in [-0.05, 0) is 118 Å². The molecule has 508 valence electrons. The summed E-state index contributed by atoms with van der Waals surface area (Å²) in [5.41, 5.74) is 15.3. The first-order chi connectivity index (χ1) is 44.5. The molecular weight excluding hydrogens is 1280 g/mol. The second-order valence-corrected chi connectivity index (χ2v) is 27.9. The van der Waals surface area contributed by atoms with Gasteiger partial charge in [-0.25, -0.2) is 18.9 Å². The molecule has 2 aliphatic heterocycles. The highest BCUT2D eigenvalue weighted by molar-refractivity contribution is 7.46. The van der Waals surface area contributed by atoms with Crippen molar-refractivity contribution in [3.8, 4) is 11.5 Å². The van der Waals surface area contributed by atoms with Gasteiger partial charge in [0.2, 0.25) is 23.6 Å². The third-order valence-corrected chi connectivity index (χ3v) is 19.9. The minimum atomic E-state index is -4.99. The first kappa shape index (κ1) is 70.6. The number of likely N-dealkylation sites (N-methyl/N-ethyl adjacent to an activating group) is 2. The zero-order valence-corrected chi connectivity index (χ0v) is 56.3. The van der Waals surface area contributed by atoms with Crippen LogP contribution >= 0.6 is 31.0 Å². The number of primary amides is 1. The van der Waals surface area contributed by atoms with Crippen molar-refractivity contribution in [2.24, 2.45) is 40.1 Å². The standard InChI is InChI=1S/C65H84Cl2N11O15P/c1-35(2)54(74-58(82)40(21-38(5)79)11-8-9-17-68)47(80)22-41(12-10-18-70-61(69)85)57(81)73-44-15-13-39(14-16-44)31-91-62(86)75(6)19-20-76(7)63(87)92-48-23-45-52(50-36(3)27-71-55(48)50)42(25-66)29-77(45)59(83)64-32-65(33-64,34-64)60(84)78-30-43(26-67)53-46(78)24-49(93-94(88,89)90)56-51(53)37(4)28-72-56/h13-16,23-24,27-28,35,40-43,54,71-72H,8-12,17-22,25-26,29-34,68H2,1-7H3,(H,73,81)(H,74,82)(H3,69,70,85)(H2,88,89,90). The van der Waals surface area contributed by atoms with Crippen LogP contribution in [0.25, 0.3) is 21.8 Å². The largest absolute Gasteiger partial charge is 0.524 e. The summed E-state index contributed by atoms with van der Waals surface area (Å²) in [4.78, 5) is 153.